The fourth-order valence-corrected chi connectivity index (χ4v) is 5.34. The van der Waals surface area contributed by atoms with Gasteiger partial charge >= 0.3 is 0 Å². The van der Waals surface area contributed by atoms with Crippen molar-refractivity contribution in [2.24, 2.45) is 0 Å². The summed E-state index contributed by atoms with van der Waals surface area (Å²) in [5, 5.41) is 1.05. The van der Waals surface area contributed by atoms with E-state index in [0.717, 1.165) is 16.5 Å². The second kappa shape index (κ2) is 4.37. The first-order valence-electron chi connectivity index (χ1n) is 5.93. The summed E-state index contributed by atoms with van der Waals surface area (Å²) in [6, 6.07) is 16.7. The largest absolute Gasteiger partial charge is 0.306 e. The maximum absolute atomic E-state index is 5.58. The van der Waals surface area contributed by atoms with Crippen molar-refractivity contribution in [2.75, 3.05) is 10.8 Å². The molecular weight excluding hydrogens is 292 g/mol. The molecule has 2 heterocycles. The predicted molar refractivity (Wildman–Crippen MR) is 86.1 cm³/mol. The summed E-state index contributed by atoms with van der Waals surface area (Å²) >= 11 is 7.31. The van der Waals surface area contributed by atoms with E-state index in [9.17, 15) is 0 Å². The van der Waals surface area contributed by atoms with Crippen molar-refractivity contribution in [1.29, 1.82) is 0 Å². The third kappa shape index (κ3) is 1.81. The van der Waals surface area contributed by atoms with E-state index in [4.69, 9.17) is 16.2 Å². The zero-order valence-electron chi connectivity index (χ0n) is 9.95. The lowest BCUT2D eigenvalue weighted by Gasteiger charge is -2.13. The van der Waals surface area contributed by atoms with Gasteiger partial charge in [0, 0.05) is 4.90 Å². The van der Waals surface area contributed by atoms with Crippen LogP contribution in [0.25, 0.3) is 10.2 Å². The molecule has 0 radical (unpaired) electrons. The molecule has 0 bridgehead atoms. The molecule has 2 aromatic carbocycles. The molecule has 3 aromatic rings. The van der Waals surface area contributed by atoms with Crippen LogP contribution in [0.4, 0.5) is 10.8 Å². The van der Waals surface area contributed by atoms with Crippen molar-refractivity contribution >= 4 is 53.0 Å². The predicted octanol–water partition coefficient (Wildman–Crippen LogP) is 3.84. The summed E-state index contributed by atoms with van der Waals surface area (Å²) in [5.74, 6) is 0.870. The first-order valence-corrected chi connectivity index (χ1v) is 9.07. The maximum Gasteiger partial charge on any atom is 0.191 e. The SMILES string of the molecule is S=S1CN(c2nc3ccccc3s2)c2ccccc21. The highest BCUT2D eigenvalue weighted by Crippen LogP contribution is 2.40. The number of para-hydroxylation sites is 2. The van der Waals surface area contributed by atoms with E-state index >= 15 is 0 Å². The molecule has 2 nitrogen and oxygen atoms in total. The molecule has 0 fully saturated rings. The summed E-state index contributed by atoms with van der Waals surface area (Å²) in [6.45, 7) is 0. The summed E-state index contributed by atoms with van der Waals surface area (Å²) in [4.78, 5) is 8.27. The number of thiazole rings is 1. The molecular formula is C14H10N2S3. The van der Waals surface area contributed by atoms with Crippen LogP contribution in [-0.4, -0.2) is 10.9 Å². The Morgan fingerprint density at radius 2 is 1.89 bits per heavy atom. The van der Waals surface area contributed by atoms with Crippen LogP contribution in [0.15, 0.2) is 53.4 Å². The van der Waals surface area contributed by atoms with Crippen LogP contribution in [0.3, 0.4) is 0 Å². The second-order valence-corrected chi connectivity index (χ2v) is 7.94. The van der Waals surface area contributed by atoms with Crippen molar-refractivity contribution in [3.63, 3.8) is 0 Å². The minimum Gasteiger partial charge on any atom is -0.306 e. The lowest BCUT2D eigenvalue weighted by Crippen LogP contribution is -2.13. The van der Waals surface area contributed by atoms with Crippen molar-refractivity contribution in [3.8, 4) is 0 Å². The molecule has 1 atom stereocenters. The lowest BCUT2D eigenvalue weighted by atomic mass is 10.3. The Morgan fingerprint density at radius 1 is 1.11 bits per heavy atom. The summed E-state index contributed by atoms with van der Waals surface area (Å²) < 4.78 is 1.23. The molecule has 1 aromatic heterocycles. The van der Waals surface area contributed by atoms with Gasteiger partial charge in [-0.25, -0.2) is 4.98 Å². The number of nitrogens with zero attached hydrogens (tertiary/aromatic N) is 2. The Bertz CT molecular complexity index is 761. The highest BCUT2D eigenvalue weighted by Gasteiger charge is 2.25. The van der Waals surface area contributed by atoms with Gasteiger partial charge in [-0.1, -0.05) is 45.1 Å². The molecule has 1 aliphatic rings. The van der Waals surface area contributed by atoms with E-state index in [2.05, 4.69) is 47.4 Å². The van der Waals surface area contributed by atoms with Crippen LogP contribution >= 0.6 is 11.3 Å². The number of anilines is 2. The van der Waals surface area contributed by atoms with Gasteiger partial charge < -0.3 is 4.90 Å². The van der Waals surface area contributed by atoms with Crippen LogP contribution in [-0.2, 0) is 20.6 Å². The number of aromatic nitrogens is 1. The summed E-state index contributed by atoms with van der Waals surface area (Å²) in [7, 11) is -0.124. The van der Waals surface area contributed by atoms with E-state index < -0.39 is 0 Å². The second-order valence-electron chi connectivity index (χ2n) is 4.33. The maximum atomic E-state index is 5.58. The molecule has 0 aliphatic carbocycles. The van der Waals surface area contributed by atoms with Gasteiger partial charge in [-0.05, 0) is 35.5 Å². The zero-order chi connectivity index (χ0) is 12.8. The van der Waals surface area contributed by atoms with Gasteiger partial charge in [0.05, 0.1) is 21.8 Å². The molecule has 1 aliphatic heterocycles. The van der Waals surface area contributed by atoms with Crippen LogP contribution in [0, 0.1) is 0 Å². The van der Waals surface area contributed by atoms with E-state index in [0.29, 0.717) is 0 Å². The van der Waals surface area contributed by atoms with Gasteiger partial charge in [0.25, 0.3) is 0 Å². The fourth-order valence-electron chi connectivity index (χ4n) is 2.26. The van der Waals surface area contributed by atoms with Crippen LogP contribution in [0.1, 0.15) is 0 Å². The zero-order valence-corrected chi connectivity index (χ0v) is 12.4. The molecule has 0 saturated heterocycles. The third-order valence-electron chi connectivity index (χ3n) is 3.16. The molecule has 1 unspecified atom stereocenters. The van der Waals surface area contributed by atoms with Gasteiger partial charge in [0.2, 0.25) is 0 Å². The van der Waals surface area contributed by atoms with Crippen molar-refractivity contribution in [3.05, 3.63) is 48.5 Å². The highest BCUT2D eigenvalue weighted by atomic mass is 32.8. The van der Waals surface area contributed by atoms with Gasteiger partial charge in [0.15, 0.2) is 5.13 Å². The minimum absolute atomic E-state index is 0.124. The molecule has 4 rings (SSSR count). The van der Waals surface area contributed by atoms with E-state index in [1.54, 1.807) is 11.3 Å². The Morgan fingerprint density at radius 3 is 2.79 bits per heavy atom. The average Bonchev–Trinajstić information content (AvgIpc) is 3.01. The molecule has 0 spiro atoms. The van der Waals surface area contributed by atoms with Gasteiger partial charge in [-0.15, -0.1) is 0 Å². The molecule has 94 valence electrons. The van der Waals surface area contributed by atoms with E-state index in [1.807, 2.05) is 6.07 Å². The van der Waals surface area contributed by atoms with Crippen molar-refractivity contribution in [2.45, 2.75) is 4.90 Å². The summed E-state index contributed by atoms with van der Waals surface area (Å²) in [6.07, 6.45) is 0. The van der Waals surface area contributed by atoms with E-state index in [1.165, 1.54) is 15.3 Å². The first-order chi connectivity index (χ1) is 9.33. The van der Waals surface area contributed by atoms with Gasteiger partial charge in [-0.3, -0.25) is 0 Å². The molecule has 5 heteroatoms. The normalized spacial score (nSPS) is 17.9. The molecule has 19 heavy (non-hydrogen) atoms. The Labute approximate surface area is 122 Å². The van der Waals surface area contributed by atoms with E-state index in [-0.39, 0.29) is 9.45 Å². The van der Waals surface area contributed by atoms with Crippen LogP contribution in [0.2, 0.25) is 0 Å². The smallest absolute Gasteiger partial charge is 0.191 e. The Kier molecular flexibility index (Phi) is 2.65. The number of hydrogen-bond acceptors (Lipinski definition) is 4. The fraction of sp³-hybridized carbons (Fsp3) is 0.0714. The average molecular weight is 302 g/mol. The van der Waals surface area contributed by atoms with Crippen molar-refractivity contribution in [1.82, 2.24) is 4.98 Å². The first kappa shape index (κ1) is 11.5. The number of fused-ring (bicyclic) bond motifs is 2. The third-order valence-corrected chi connectivity index (χ3v) is 6.40. The number of rotatable bonds is 1. The van der Waals surface area contributed by atoms with Gasteiger partial charge in [0.1, 0.15) is 0 Å². The Hall–Kier alpha value is -1.30. The summed E-state index contributed by atoms with van der Waals surface area (Å²) in [5.41, 5.74) is 2.29. The van der Waals surface area contributed by atoms with Gasteiger partial charge in [-0.2, -0.15) is 0 Å². The molecule has 0 saturated carbocycles. The number of benzene rings is 2. The highest BCUT2D eigenvalue weighted by molar-refractivity contribution is 8.29. The standard InChI is InChI=1S/C14H10N2S3/c17-19-9-16(11-6-2-4-8-13(11)19)14-15-10-5-1-3-7-12(10)18-14/h1-8H,9H2. The molecule has 0 amide bonds. The van der Waals surface area contributed by atoms with Crippen LogP contribution < -0.4 is 4.90 Å². The topological polar surface area (TPSA) is 16.1 Å². The monoisotopic (exact) mass is 302 g/mol. The quantitative estimate of drug-likeness (QED) is 0.679. The number of hydrogen-bond donors (Lipinski definition) is 0. The Balaban J connectivity index is 1.88. The minimum atomic E-state index is -0.124. The van der Waals surface area contributed by atoms with Crippen molar-refractivity contribution < 1.29 is 0 Å². The van der Waals surface area contributed by atoms with Crippen LogP contribution in [0.5, 0.6) is 0 Å². The molecule has 0 N–H and O–H groups in total. The lowest BCUT2D eigenvalue weighted by molar-refractivity contribution is 1.16.